The van der Waals surface area contributed by atoms with Crippen LogP contribution in [0.1, 0.15) is 56.9 Å². The van der Waals surface area contributed by atoms with E-state index in [0.717, 1.165) is 10.4 Å². The fourth-order valence-electron chi connectivity index (χ4n) is 5.68. The van der Waals surface area contributed by atoms with Crippen molar-refractivity contribution in [3.8, 4) is 21.7 Å². The van der Waals surface area contributed by atoms with Gasteiger partial charge in [-0.1, -0.05) is 83.1 Å². The van der Waals surface area contributed by atoms with Crippen LogP contribution >= 0.6 is 11.3 Å². The first-order chi connectivity index (χ1) is 18.6. The number of fused-ring (bicyclic) bond motifs is 2. The fraction of sp³-hybridized carbons (Fsp3) is 0.343. The smallest absolute Gasteiger partial charge is 0.200 e. The largest absolute Gasteiger partial charge is 0.394 e. The number of halogens is 3. The van der Waals surface area contributed by atoms with Gasteiger partial charge in [-0.05, 0) is 70.3 Å². The van der Waals surface area contributed by atoms with Gasteiger partial charge in [-0.25, -0.2) is 0 Å². The Balaban J connectivity index is 1.67. The minimum atomic E-state index is -4.24. The molecule has 0 N–H and O–H groups in total. The van der Waals surface area contributed by atoms with Gasteiger partial charge in [-0.2, -0.15) is 17.7 Å². The van der Waals surface area contributed by atoms with E-state index in [1.54, 1.807) is 11.3 Å². The number of benzene rings is 3. The van der Waals surface area contributed by atoms with Gasteiger partial charge < -0.3 is 0 Å². The standard InChI is InChI=1S/C35H37F3NS/c1-21-25-11-9-10-12-27(25)29(33(3,4)5)19-28(21)30-32-26(17-18-39(30)8)22(2)31(40-32)24-15-13-23(14-16-24)20-34(6,7)35(36,37)38/h9-19H,20H2,1-8H3/q+1. The van der Waals surface area contributed by atoms with E-state index in [0.29, 0.717) is 5.56 Å². The van der Waals surface area contributed by atoms with Crippen LogP contribution in [0.5, 0.6) is 0 Å². The Labute approximate surface area is 239 Å². The van der Waals surface area contributed by atoms with Crippen molar-refractivity contribution in [3.05, 3.63) is 89.1 Å². The van der Waals surface area contributed by atoms with Crippen molar-refractivity contribution in [2.75, 3.05) is 0 Å². The number of thiophene rings is 1. The highest BCUT2D eigenvalue weighted by atomic mass is 32.1. The molecule has 0 amide bonds. The molecule has 0 bridgehead atoms. The van der Waals surface area contributed by atoms with E-state index in [1.165, 1.54) is 62.7 Å². The lowest BCUT2D eigenvalue weighted by molar-refractivity contribution is -0.659. The maximum atomic E-state index is 13.4. The third-order valence-corrected chi connectivity index (χ3v) is 9.60. The van der Waals surface area contributed by atoms with Crippen LogP contribution in [0.4, 0.5) is 13.2 Å². The van der Waals surface area contributed by atoms with Gasteiger partial charge in [0.05, 0.1) is 11.0 Å². The number of hydrogen-bond acceptors (Lipinski definition) is 1. The lowest BCUT2D eigenvalue weighted by Crippen LogP contribution is -2.34. The predicted molar refractivity (Wildman–Crippen MR) is 163 cm³/mol. The summed E-state index contributed by atoms with van der Waals surface area (Å²) in [5.74, 6) is 0. The van der Waals surface area contributed by atoms with Crippen LogP contribution in [0.15, 0.2) is 66.9 Å². The summed E-state index contributed by atoms with van der Waals surface area (Å²) in [4.78, 5) is 1.15. The third kappa shape index (κ3) is 4.83. The van der Waals surface area contributed by atoms with Crippen LogP contribution in [-0.2, 0) is 18.9 Å². The van der Waals surface area contributed by atoms with Crippen molar-refractivity contribution in [2.24, 2.45) is 12.5 Å². The Bertz CT molecular complexity index is 1730. The topological polar surface area (TPSA) is 3.88 Å². The molecule has 208 valence electrons. The van der Waals surface area contributed by atoms with Crippen LogP contribution in [0, 0.1) is 19.3 Å². The van der Waals surface area contributed by atoms with Gasteiger partial charge in [0.15, 0.2) is 6.20 Å². The molecule has 5 heteroatoms. The second-order valence-corrected chi connectivity index (χ2v) is 13.7. The van der Waals surface area contributed by atoms with Crippen molar-refractivity contribution < 1.29 is 17.7 Å². The molecule has 2 aromatic heterocycles. The number of nitrogens with zero attached hydrogens (tertiary/aromatic N) is 1. The van der Waals surface area contributed by atoms with Crippen molar-refractivity contribution in [1.82, 2.24) is 0 Å². The average Bonchev–Trinajstić information content (AvgIpc) is 3.20. The molecular weight excluding hydrogens is 523 g/mol. The summed E-state index contributed by atoms with van der Waals surface area (Å²) in [5, 5.41) is 3.77. The maximum Gasteiger partial charge on any atom is 0.394 e. The van der Waals surface area contributed by atoms with Gasteiger partial charge in [0.25, 0.3) is 0 Å². The number of aryl methyl sites for hydroxylation is 3. The molecule has 5 aromatic rings. The van der Waals surface area contributed by atoms with Crippen molar-refractivity contribution in [3.63, 3.8) is 0 Å². The Hall–Kier alpha value is -3.18. The molecule has 0 unspecified atom stereocenters. The molecular formula is C35H37F3NS+. The van der Waals surface area contributed by atoms with E-state index in [1.807, 2.05) is 24.3 Å². The highest BCUT2D eigenvalue weighted by Crippen LogP contribution is 2.45. The molecule has 0 spiro atoms. The molecule has 0 aliphatic carbocycles. The molecule has 0 saturated carbocycles. The molecule has 0 atom stereocenters. The van der Waals surface area contributed by atoms with Gasteiger partial charge in [0, 0.05) is 16.3 Å². The summed E-state index contributed by atoms with van der Waals surface area (Å²) in [6, 6.07) is 20.8. The summed E-state index contributed by atoms with van der Waals surface area (Å²) >= 11 is 1.76. The average molecular weight is 561 g/mol. The van der Waals surface area contributed by atoms with E-state index in [9.17, 15) is 13.2 Å². The minimum Gasteiger partial charge on any atom is -0.200 e. The first kappa shape index (κ1) is 28.4. The molecule has 1 nitrogen and oxygen atoms in total. The van der Waals surface area contributed by atoms with E-state index in [4.69, 9.17) is 0 Å². The van der Waals surface area contributed by atoms with Crippen molar-refractivity contribution in [2.45, 2.75) is 66.5 Å². The summed E-state index contributed by atoms with van der Waals surface area (Å²) in [5.41, 5.74) is 6.14. The zero-order chi connectivity index (χ0) is 29.2. The molecule has 2 heterocycles. The Morgan fingerprint density at radius 1 is 0.775 bits per heavy atom. The maximum absolute atomic E-state index is 13.4. The molecule has 40 heavy (non-hydrogen) atoms. The second-order valence-electron chi connectivity index (χ2n) is 12.7. The molecule has 0 fully saturated rings. The molecule has 5 rings (SSSR count). The molecule has 0 saturated heterocycles. The zero-order valence-corrected chi connectivity index (χ0v) is 25.4. The lowest BCUT2D eigenvalue weighted by atomic mass is 9.80. The SMILES string of the molecule is Cc1c(-c2c3sc(-c4ccc(CC(C)(C)C(F)(F)F)cc4)c(C)c3cc[n+]2C)cc(C(C)(C)C)c2ccccc12. The van der Waals surface area contributed by atoms with E-state index < -0.39 is 11.6 Å². The highest BCUT2D eigenvalue weighted by Gasteiger charge is 2.46. The van der Waals surface area contributed by atoms with Crippen LogP contribution < -0.4 is 4.57 Å². The molecule has 0 radical (unpaired) electrons. The van der Waals surface area contributed by atoms with E-state index in [2.05, 4.69) is 88.8 Å². The van der Waals surface area contributed by atoms with Gasteiger partial charge in [0.2, 0.25) is 5.69 Å². The summed E-state index contributed by atoms with van der Waals surface area (Å²) < 4.78 is 43.8. The number of hydrogen-bond donors (Lipinski definition) is 0. The quantitative estimate of drug-likeness (QED) is 0.193. The van der Waals surface area contributed by atoms with E-state index in [-0.39, 0.29) is 11.8 Å². The lowest BCUT2D eigenvalue weighted by Gasteiger charge is -2.27. The number of pyridine rings is 1. The molecule has 0 aliphatic heterocycles. The zero-order valence-electron chi connectivity index (χ0n) is 24.5. The first-order valence-electron chi connectivity index (χ1n) is 13.7. The predicted octanol–water partition coefficient (Wildman–Crippen LogP) is 10.3. The van der Waals surface area contributed by atoms with Crippen LogP contribution in [-0.4, -0.2) is 6.18 Å². The van der Waals surface area contributed by atoms with Gasteiger partial charge >= 0.3 is 6.18 Å². The van der Waals surface area contributed by atoms with Crippen LogP contribution in [0.25, 0.3) is 42.6 Å². The third-order valence-electron chi connectivity index (χ3n) is 8.23. The second kappa shape index (κ2) is 9.73. The number of alkyl halides is 3. The van der Waals surface area contributed by atoms with E-state index >= 15 is 0 Å². The monoisotopic (exact) mass is 560 g/mol. The molecule has 0 aliphatic rings. The number of aromatic nitrogens is 1. The summed E-state index contributed by atoms with van der Waals surface area (Å²) in [7, 11) is 2.10. The Morgan fingerprint density at radius 2 is 1.40 bits per heavy atom. The van der Waals surface area contributed by atoms with Crippen molar-refractivity contribution >= 4 is 32.2 Å². The van der Waals surface area contributed by atoms with Crippen LogP contribution in [0.3, 0.4) is 0 Å². The van der Waals surface area contributed by atoms with Gasteiger partial charge in [0.1, 0.15) is 11.7 Å². The fourth-order valence-corrected chi connectivity index (χ4v) is 7.09. The molecule has 3 aromatic carbocycles. The van der Waals surface area contributed by atoms with Gasteiger partial charge in [-0.3, -0.25) is 0 Å². The normalized spacial score (nSPS) is 13.0. The Kier molecular flexibility index (Phi) is 6.89. The number of rotatable bonds is 4. The van der Waals surface area contributed by atoms with Gasteiger partial charge in [-0.15, -0.1) is 11.3 Å². The minimum absolute atomic E-state index is 0.0204. The van der Waals surface area contributed by atoms with Crippen molar-refractivity contribution in [1.29, 1.82) is 0 Å². The summed E-state index contributed by atoms with van der Waals surface area (Å²) in [6.45, 7) is 13.7. The Morgan fingerprint density at radius 3 is 2.00 bits per heavy atom. The van der Waals surface area contributed by atoms with Crippen LogP contribution in [0.2, 0.25) is 0 Å². The highest BCUT2D eigenvalue weighted by molar-refractivity contribution is 7.23. The summed E-state index contributed by atoms with van der Waals surface area (Å²) in [6.07, 6.45) is -2.15. The first-order valence-corrected chi connectivity index (χ1v) is 14.5.